The third-order valence-electron chi connectivity index (χ3n) is 6.28. The number of hydrogen-bond donors (Lipinski definition) is 1. The molecule has 1 heterocycles. The van der Waals surface area contributed by atoms with Crippen LogP contribution in [-0.2, 0) is 9.53 Å². The van der Waals surface area contributed by atoms with Gasteiger partial charge in [0.15, 0.2) is 0 Å². The van der Waals surface area contributed by atoms with Gasteiger partial charge in [-0.05, 0) is 43.9 Å². The number of carbonyl (C=O) groups is 1. The van der Waals surface area contributed by atoms with Gasteiger partial charge in [0.2, 0.25) is 5.91 Å². The molecule has 0 radical (unpaired) electrons. The molecule has 0 aromatic carbocycles. The average Bonchev–Trinajstić information content (AvgIpc) is 3.07. The second-order valence-electron chi connectivity index (χ2n) is 7.23. The molecule has 1 amide bonds. The van der Waals surface area contributed by atoms with Gasteiger partial charge in [-0.3, -0.25) is 4.79 Å². The normalized spacial score (nSPS) is 47.4. The molecular formula is C16H26N2O2. The van der Waals surface area contributed by atoms with Gasteiger partial charge in [-0.15, -0.1) is 0 Å². The number of hydrogen-bond acceptors (Lipinski definition) is 3. The molecule has 0 aromatic heterocycles. The van der Waals surface area contributed by atoms with Crippen molar-refractivity contribution in [2.45, 2.75) is 63.1 Å². The van der Waals surface area contributed by atoms with Crippen LogP contribution in [-0.4, -0.2) is 42.1 Å². The van der Waals surface area contributed by atoms with Crippen LogP contribution in [0.3, 0.4) is 0 Å². The first-order valence-corrected chi connectivity index (χ1v) is 8.43. The third kappa shape index (κ3) is 1.92. The van der Waals surface area contributed by atoms with Crippen LogP contribution >= 0.6 is 0 Å². The second kappa shape index (κ2) is 4.99. The van der Waals surface area contributed by atoms with Gasteiger partial charge in [-0.2, -0.15) is 0 Å². The summed E-state index contributed by atoms with van der Waals surface area (Å²) in [7, 11) is 0. The van der Waals surface area contributed by atoms with Crippen molar-refractivity contribution in [3.8, 4) is 0 Å². The molecule has 4 fully saturated rings. The van der Waals surface area contributed by atoms with Gasteiger partial charge < -0.3 is 15.4 Å². The van der Waals surface area contributed by atoms with Gasteiger partial charge in [0, 0.05) is 12.6 Å². The van der Waals surface area contributed by atoms with Crippen molar-refractivity contribution in [2.24, 2.45) is 23.5 Å². The minimum absolute atomic E-state index is 0.106. The number of nitrogens with zero attached hydrogens (tertiary/aromatic N) is 1. The second-order valence-corrected chi connectivity index (χ2v) is 7.23. The van der Waals surface area contributed by atoms with Crippen LogP contribution < -0.4 is 5.73 Å². The van der Waals surface area contributed by atoms with Crippen molar-refractivity contribution in [3.63, 3.8) is 0 Å². The highest BCUT2D eigenvalue weighted by Gasteiger charge is 2.51. The minimum atomic E-state index is 0.106. The maximum atomic E-state index is 13.0. The molecule has 4 heteroatoms. The Hall–Kier alpha value is -0.610. The lowest BCUT2D eigenvalue weighted by molar-refractivity contribution is -0.155. The molecule has 112 valence electrons. The van der Waals surface area contributed by atoms with E-state index in [2.05, 4.69) is 4.90 Å². The fourth-order valence-electron chi connectivity index (χ4n) is 5.26. The molecule has 4 nitrogen and oxygen atoms in total. The number of nitrogens with two attached hydrogens (primary N) is 1. The molecular weight excluding hydrogens is 252 g/mol. The molecule has 2 bridgehead atoms. The van der Waals surface area contributed by atoms with Crippen LogP contribution in [0, 0.1) is 17.8 Å². The lowest BCUT2D eigenvalue weighted by atomic mass is 9.82. The summed E-state index contributed by atoms with van der Waals surface area (Å²) in [6.07, 6.45) is 8.65. The summed E-state index contributed by atoms with van der Waals surface area (Å²) in [5, 5.41) is 0. The Balaban J connectivity index is 1.52. The molecule has 4 aliphatic rings. The minimum Gasteiger partial charge on any atom is -0.374 e. The summed E-state index contributed by atoms with van der Waals surface area (Å²) in [4.78, 5) is 15.2. The van der Waals surface area contributed by atoms with E-state index in [1.54, 1.807) is 0 Å². The van der Waals surface area contributed by atoms with Crippen LogP contribution in [0.1, 0.15) is 44.9 Å². The smallest absolute Gasteiger partial charge is 0.227 e. The van der Waals surface area contributed by atoms with E-state index in [-0.39, 0.29) is 18.1 Å². The molecule has 4 rings (SSSR count). The molecule has 3 aliphatic carbocycles. The first-order valence-electron chi connectivity index (χ1n) is 8.43. The van der Waals surface area contributed by atoms with E-state index in [0.717, 1.165) is 19.4 Å². The van der Waals surface area contributed by atoms with Crippen molar-refractivity contribution in [3.05, 3.63) is 0 Å². The highest BCUT2D eigenvalue weighted by Crippen LogP contribution is 2.48. The first-order chi connectivity index (χ1) is 9.75. The predicted molar refractivity (Wildman–Crippen MR) is 76.0 cm³/mol. The monoisotopic (exact) mass is 278 g/mol. The quantitative estimate of drug-likeness (QED) is 0.791. The molecule has 2 N–H and O–H groups in total. The zero-order valence-corrected chi connectivity index (χ0v) is 12.2. The topological polar surface area (TPSA) is 55.6 Å². The van der Waals surface area contributed by atoms with Gasteiger partial charge in [-0.25, -0.2) is 0 Å². The highest BCUT2D eigenvalue weighted by atomic mass is 16.5. The summed E-state index contributed by atoms with van der Waals surface area (Å²) in [5.41, 5.74) is 6.36. The fraction of sp³-hybridized carbons (Fsp3) is 0.938. The largest absolute Gasteiger partial charge is 0.374 e. The number of rotatable bonds is 1. The van der Waals surface area contributed by atoms with Gasteiger partial charge in [0.1, 0.15) is 0 Å². The van der Waals surface area contributed by atoms with Crippen LogP contribution in [0.2, 0.25) is 0 Å². The summed E-state index contributed by atoms with van der Waals surface area (Å²) in [6.45, 7) is 1.49. The van der Waals surface area contributed by atoms with E-state index in [1.807, 2.05) is 0 Å². The zero-order valence-electron chi connectivity index (χ0n) is 12.2. The number of fused-ring (bicyclic) bond motifs is 3. The van der Waals surface area contributed by atoms with Crippen molar-refractivity contribution >= 4 is 5.91 Å². The Morgan fingerprint density at radius 2 is 1.90 bits per heavy atom. The summed E-state index contributed by atoms with van der Waals surface area (Å²) < 4.78 is 5.89. The van der Waals surface area contributed by atoms with Crippen molar-refractivity contribution in [1.29, 1.82) is 0 Å². The van der Waals surface area contributed by atoms with Gasteiger partial charge in [0.05, 0.1) is 24.7 Å². The van der Waals surface area contributed by atoms with E-state index >= 15 is 0 Å². The first kappa shape index (κ1) is 13.1. The number of amides is 1. The van der Waals surface area contributed by atoms with Crippen LogP contribution in [0.25, 0.3) is 0 Å². The van der Waals surface area contributed by atoms with Gasteiger partial charge in [-0.1, -0.05) is 12.8 Å². The zero-order chi connectivity index (χ0) is 13.7. The summed E-state index contributed by atoms with van der Waals surface area (Å²) in [5.74, 6) is 1.63. The highest BCUT2D eigenvalue weighted by molar-refractivity contribution is 5.81. The summed E-state index contributed by atoms with van der Waals surface area (Å²) >= 11 is 0. The van der Waals surface area contributed by atoms with E-state index in [4.69, 9.17) is 10.5 Å². The maximum Gasteiger partial charge on any atom is 0.227 e. The Bertz CT molecular complexity index is 396. The molecule has 0 spiro atoms. The lowest BCUT2D eigenvalue weighted by Crippen LogP contribution is -2.58. The number of carbonyl (C=O) groups excluding carboxylic acids is 1. The van der Waals surface area contributed by atoms with Crippen molar-refractivity contribution < 1.29 is 9.53 Å². The van der Waals surface area contributed by atoms with E-state index in [0.29, 0.717) is 30.4 Å². The Kier molecular flexibility index (Phi) is 3.26. The van der Waals surface area contributed by atoms with E-state index < -0.39 is 0 Å². The van der Waals surface area contributed by atoms with E-state index in [9.17, 15) is 4.79 Å². The molecule has 3 saturated carbocycles. The average molecular weight is 278 g/mol. The Labute approximate surface area is 121 Å². The standard InChI is InChI=1S/C16H26N2O2/c17-15-11-6-5-10(9-11)14(15)16(19)18-7-8-20-13-4-2-1-3-12(13)18/h10-15H,1-9,17H2. The van der Waals surface area contributed by atoms with E-state index in [1.165, 1.54) is 32.1 Å². The van der Waals surface area contributed by atoms with Gasteiger partial charge >= 0.3 is 0 Å². The number of ether oxygens (including phenoxy) is 1. The predicted octanol–water partition coefficient (Wildman–Crippen LogP) is 1.53. The molecule has 6 atom stereocenters. The van der Waals surface area contributed by atoms with Crippen molar-refractivity contribution in [2.75, 3.05) is 13.2 Å². The van der Waals surface area contributed by atoms with Crippen molar-refractivity contribution in [1.82, 2.24) is 4.90 Å². The number of morpholine rings is 1. The summed E-state index contributed by atoms with van der Waals surface area (Å²) in [6, 6.07) is 0.447. The lowest BCUT2D eigenvalue weighted by Gasteiger charge is -2.45. The third-order valence-corrected chi connectivity index (χ3v) is 6.28. The Morgan fingerprint density at radius 1 is 1.10 bits per heavy atom. The molecule has 20 heavy (non-hydrogen) atoms. The molecule has 0 aromatic rings. The molecule has 1 aliphatic heterocycles. The van der Waals surface area contributed by atoms with Gasteiger partial charge in [0.25, 0.3) is 0 Å². The fourth-order valence-corrected chi connectivity index (χ4v) is 5.26. The Morgan fingerprint density at radius 3 is 2.70 bits per heavy atom. The molecule has 1 saturated heterocycles. The van der Waals surface area contributed by atoms with Crippen LogP contribution in [0.4, 0.5) is 0 Å². The maximum absolute atomic E-state index is 13.0. The van der Waals surface area contributed by atoms with Crippen LogP contribution in [0.5, 0.6) is 0 Å². The molecule has 6 unspecified atom stereocenters. The SMILES string of the molecule is NC1C2CCC(C2)C1C(=O)N1CCOC2CCCCC21. The van der Waals surface area contributed by atoms with Crippen LogP contribution in [0.15, 0.2) is 0 Å².